The van der Waals surface area contributed by atoms with E-state index in [4.69, 9.17) is 5.26 Å². The van der Waals surface area contributed by atoms with Gasteiger partial charge in [-0.05, 0) is 31.5 Å². The van der Waals surface area contributed by atoms with Crippen LogP contribution in [0.3, 0.4) is 0 Å². The van der Waals surface area contributed by atoms with E-state index in [0.29, 0.717) is 17.8 Å². The van der Waals surface area contributed by atoms with Crippen LogP contribution in [0.2, 0.25) is 0 Å². The lowest BCUT2D eigenvalue weighted by Gasteiger charge is -2.07. The maximum Gasteiger partial charge on any atom is 0.124 e. The Kier molecular flexibility index (Phi) is 3.87. The van der Waals surface area contributed by atoms with Crippen LogP contribution >= 0.6 is 0 Å². The number of anilines is 1. The van der Waals surface area contributed by atoms with E-state index >= 15 is 0 Å². The number of hydrogen-bond donors (Lipinski definition) is 1. The number of nitriles is 1. The van der Waals surface area contributed by atoms with Crippen LogP contribution in [-0.2, 0) is 0 Å². The van der Waals surface area contributed by atoms with Crippen molar-refractivity contribution >= 4 is 5.69 Å². The third-order valence-corrected chi connectivity index (χ3v) is 1.97. The third-order valence-electron chi connectivity index (χ3n) is 1.97. The molecule has 0 aliphatic carbocycles. The van der Waals surface area contributed by atoms with Crippen molar-refractivity contribution in [3.63, 3.8) is 0 Å². The molecule has 0 heterocycles. The van der Waals surface area contributed by atoms with Crippen LogP contribution in [-0.4, -0.2) is 6.54 Å². The molecule has 0 spiro atoms. The van der Waals surface area contributed by atoms with E-state index in [0.717, 1.165) is 12.0 Å². The minimum Gasteiger partial charge on any atom is -0.384 e. The van der Waals surface area contributed by atoms with Gasteiger partial charge in [-0.3, -0.25) is 0 Å². The predicted molar refractivity (Wildman–Crippen MR) is 59.0 cm³/mol. The molecule has 1 rings (SSSR count). The molecule has 0 bridgehead atoms. The molecule has 78 valence electrons. The van der Waals surface area contributed by atoms with Gasteiger partial charge in [0.25, 0.3) is 0 Å². The lowest BCUT2D eigenvalue weighted by atomic mass is 10.2. The first-order valence-electron chi connectivity index (χ1n) is 4.71. The Bertz CT molecular complexity index is 405. The molecule has 0 radical (unpaired) electrons. The topological polar surface area (TPSA) is 35.8 Å². The van der Waals surface area contributed by atoms with Gasteiger partial charge in [0.15, 0.2) is 0 Å². The Morgan fingerprint density at radius 1 is 1.60 bits per heavy atom. The summed E-state index contributed by atoms with van der Waals surface area (Å²) >= 11 is 0. The molecule has 0 saturated carbocycles. The van der Waals surface area contributed by atoms with Gasteiger partial charge in [-0.25, -0.2) is 4.39 Å². The second kappa shape index (κ2) is 5.16. The molecule has 0 fully saturated rings. The van der Waals surface area contributed by atoms with Crippen molar-refractivity contribution < 1.29 is 4.39 Å². The first kappa shape index (κ1) is 11.3. The molecular formula is C12H13FN2. The van der Waals surface area contributed by atoms with Crippen LogP contribution in [0.25, 0.3) is 0 Å². The van der Waals surface area contributed by atoms with Crippen LogP contribution in [0.1, 0.15) is 18.9 Å². The summed E-state index contributed by atoms with van der Waals surface area (Å²) < 4.78 is 12.8. The Morgan fingerprint density at radius 3 is 2.93 bits per heavy atom. The van der Waals surface area contributed by atoms with Crippen molar-refractivity contribution in [2.75, 3.05) is 11.9 Å². The molecule has 0 aromatic heterocycles. The highest BCUT2D eigenvalue weighted by molar-refractivity contribution is 5.57. The zero-order valence-electron chi connectivity index (χ0n) is 8.68. The molecule has 3 heteroatoms. The average molecular weight is 204 g/mol. The summed E-state index contributed by atoms with van der Waals surface area (Å²) in [6.07, 6.45) is 0.836. The number of benzene rings is 1. The van der Waals surface area contributed by atoms with E-state index < -0.39 is 5.82 Å². The highest BCUT2D eigenvalue weighted by Crippen LogP contribution is 2.16. The van der Waals surface area contributed by atoms with E-state index in [1.165, 1.54) is 12.1 Å². The summed E-state index contributed by atoms with van der Waals surface area (Å²) in [6.45, 7) is 6.42. The monoisotopic (exact) mass is 204 g/mol. The number of nitrogens with one attached hydrogen (secondary N) is 1. The molecule has 15 heavy (non-hydrogen) atoms. The lowest BCUT2D eigenvalue weighted by molar-refractivity contribution is 0.627. The molecule has 0 atom stereocenters. The molecule has 0 amide bonds. The Balaban J connectivity index is 2.69. The minimum atomic E-state index is -0.392. The molecule has 0 aliphatic heterocycles. The first-order chi connectivity index (χ1) is 7.13. The van der Waals surface area contributed by atoms with E-state index in [9.17, 15) is 4.39 Å². The fourth-order valence-electron chi connectivity index (χ4n) is 1.17. The summed E-state index contributed by atoms with van der Waals surface area (Å²) in [7, 11) is 0. The Hall–Kier alpha value is -1.82. The Labute approximate surface area is 89.0 Å². The molecule has 0 aliphatic rings. The largest absolute Gasteiger partial charge is 0.384 e. The van der Waals surface area contributed by atoms with Gasteiger partial charge in [-0.1, -0.05) is 5.57 Å². The van der Waals surface area contributed by atoms with Gasteiger partial charge in [0, 0.05) is 6.54 Å². The van der Waals surface area contributed by atoms with Gasteiger partial charge in [-0.15, -0.1) is 6.58 Å². The fourth-order valence-corrected chi connectivity index (χ4v) is 1.17. The summed E-state index contributed by atoms with van der Waals surface area (Å²) in [5, 5.41) is 11.8. The van der Waals surface area contributed by atoms with Crippen LogP contribution in [0.4, 0.5) is 10.1 Å². The SMILES string of the molecule is C=C(C)CCNc1ccc(F)cc1C#N. The van der Waals surface area contributed by atoms with E-state index in [1.807, 2.05) is 13.0 Å². The molecule has 0 unspecified atom stereocenters. The number of halogens is 1. The van der Waals surface area contributed by atoms with Gasteiger partial charge >= 0.3 is 0 Å². The molecule has 1 aromatic carbocycles. The molecule has 1 N–H and O–H groups in total. The molecule has 2 nitrogen and oxygen atoms in total. The summed E-state index contributed by atoms with van der Waals surface area (Å²) in [4.78, 5) is 0. The van der Waals surface area contributed by atoms with E-state index in [2.05, 4.69) is 11.9 Å². The fraction of sp³-hybridized carbons (Fsp3) is 0.250. The molecule has 0 saturated heterocycles. The van der Waals surface area contributed by atoms with Crippen molar-refractivity contribution in [2.45, 2.75) is 13.3 Å². The lowest BCUT2D eigenvalue weighted by Crippen LogP contribution is -2.03. The van der Waals surface area contributed by atoms with Gasteiger partial charge in [-0.2, -0.15) is 5.26 Å². The standard InChI is InChI=1S/C12H13FN2/c1-9(2)5-6-15-12-4-3-11(13)7-10(12)8-14/h3-4,7,15H,1,5-6H2,2H3. The van der Waals surface area contributed by atoms with Gasteiger partial charge < -0.3 is 5.32 Å². The average Bonchev–Trinajstić information content (AvgIpc) is 2.19. The first-order valence-corrected chi connectivity index (χ1v) is 4.71. The van der Waals surface area contributed by atoms with Crippen molar-refractivity contribution in [1.29, 1.82) is 5.26 Å². The van der Waals surface area contributed by atoms with Crippen LogP contribution in [0, 0.1) is 17.1 Å². The van der Waals surface area contributed by atoms with Gasteiger partial charge in [0.2, 0.25) is 0 Å². The normalized spacial score (nSPS) is 9.40. The summed E-state index contributed by atoms with van der Waals surface area (Å²) in [5.74, 6) is -0.392. The minimum absolute atomic E-state index is 0.330. The molecule has 1 aromatic rings. The number of nitrogens with zero attached hydrogens (tertiary/aromatic N) is 1. The number of rotatable bonds is 4. The smallest absolute Gasteiger partial charge is 0.124 e. The van der Waals surface area contributed by atoms with Gasteiger partial charge in [0.05, 0.1) is 11.3 Å². The van der Waals surface area contributed by atoms with E-state index in [1.54, 1.807) is 6.07 Å². The van der Waals surface area contributed by atoms with Crippen molar-refractivity contribution in [2.24, 2.45) is 0 Å². The van der Waals surface area contributed by atoms with Gasteiger partial charge in [0.1, 0.15) is 11.9 Å². The summed E-state index contributed by atoms with van der Waals surface area (Å²) in [6, 6.07) is 6.09. The summed E-state index contributed by atoms with van der Waals surface area (Å²) in [5.41, 5.74) is 2.07. The van der Waals surface area contributed by atoms with Crippen molar-refractivity contribution in [3.8, 4) is 6.07 Å². The van der Waals surface area contributed by atoms with Crippen molar-refractivity contribution in [3.05, 3.63) is 41.7 Å². The highest BCUT2D eigenvalue weighted by Gasteiger charge is 2.02. The molecular weight excluding hydrogens is 191 g/mol. The van der Waals surface area contributed by atoms with Crippen molar-refractivity contribution in [1.82, 2.24) is 0 Å². The highest BCUT2D eigenvalue weighted by atomic mass is 19.1. The van der Waals surface area contributed by atoms with E-state index in [-0.39, 0.29) is 0 Å². The Morgan fingerprint density at radius 2 is 2.33 bits per heavy atom. The second-order valence-electron chi connectivity index (χ2n) is 3.44. The predicted octanol–water partition coefficient (Wildman–Crippen LogP) is 3.08. The third kappa shape index (κ3) is 3.43. The maximum atomic E-state index is 12.8. The number of hydrogen-bond acceptors (Lipinski definition) is 2. The zero-order valence-corrected chi connectivity index (χ0v) is 8.68. The van der Waals surface area contributed by atoms with Crippen LogP contribution < -0.4 is 5.32 Å². The van der Waals surface area contributed by atoms with Crippen LogP contribution in [0.15, 0.2) is 30.4 Å². The second-order valence-corrected chi connectivity index (χ2v) is 3.44. The maximum absolute atomic E-state index is 12.8. The quantitative estimate of drug-likeness (QED) is 0.765. The van der Waals surface area contributed by atoms with Crippen LogP contribution in [0.5, 0.6) is 0 Å². The zero-order chi connectivity index (χ0) is 11.3.